The summed E-state index contributed by atoms with van der Waals surface area (Å²) in [5.41, 5.74) is 2.31. The SMILES string of the molecule is COc1cc(CNc2ccsc2)ccc1OC(C)C. The fourth-order valence-electron chi connectivity index (χ4n) is 1.74. The van der Waals surface area contributed by atoms with Gasteiger partial charge in [-0.1, -0.05) is 6.07 Å². The van der Waals surface area contributed by atoms with Gasteiger partial charge in [0.05, 0.1) is 13.2 Å². The molecule has 0 saturated heterocycles. The van der Waals surface area contributed by atoms with E-state index >= 15 is 0 Å². The number of rotatable bonds is 6. The maximum atomic E-state index is 5.70. The van der Waals surface area contributed by atoms with E-state index in [1.807, 2.05) is 26.0 Å². The molecule has 19 heavy (non-hydrogen) atoms. The molecule has 0 amide bonds. The first-order valence-corrected chi connectivity index (χ1v) is 7.23. The maximum Gasteiger partial charge on any atom is 0.161 e. The number of benzene rings is 1. The van der Waals surface area contributed by atoms with Crippen LogP contribution in [0.4, 0.5) is 5.69 Å². The maximum absolute atomic E-state index is 5.70. The molecule has 0 bridgehead atoms. The van der Waals surface area contributed by atoms with Crippen LogP contribution in [0.25, 0.3) is 0 Å². The van der Waals surface area contributed by atoms with Crippen LogP contribution in [0.5, 0.6) is 11.5 Å². The summed E-state index contributed by atoms with van der Waals surface area (Å²) in [6, 6.07) is 8.10. The molecule has 0 atom stereocenters. The molecule has 1 heterocycles. The summed E-state index contributed by atoms with van der Waals surface area (Å²) >= 11 is 1.68. The van der Waals surface area contributed by atoms with Crippen molar-refractivity contribution >= 4 is 17.0 Å². The standard InChI is InChI=1S/C15H19NO2S/c1-11(2)18-14-5-4-12(8-15(14)17-3)9-16-13-6-7-19-10-13/h4-8,10-11,16H,9H2,1-3H3. The average molecular weight is 277 g/mol. The third-order valence-electron chi connectivity index (χ3n) is 2.61. The number of thiophene rings is 1. The molecule has 0 saturated carbocycles. The van der Waals surface area contributed by atoms with E-state index in [0.717, 1.165) is 23.7 Å². The van der Waals surface area contributed by atoms with E-state index in [1.54, 1.807) is 18.4 Å². The first-order valence-electron chi connectivity index (χ1n) is 6.28. The second kappa shape index (κ2) is 6.48. The van der Waals surface area contributed by atoms with Crippen molar-refractivity contribution in [2.45, 2.75) is 26.5 Å². The van der Waals surface area contributed by atoms with E-state index in [-0.39, 0.29) is 6.10 Å². The van der Waals surface area contributed by atoms with Gasteiger partial charge in [-0.3, -0.25) is 0 Å². The molecular formula is C15H19NO2S. The molecule has 0 unspecified atom stereocenters. The van der Waals surface area contributed by atoms with Crippen molar-refractivity contribution in [2.75, 3.05) is 12.4 Å². The molecule has 0 radical (unpaired) electrons. The van der Waals surface area contributed by atoms with Gasteiger partial charge in [-0.15, -0.1) is 0 Å². The largest absolute Gasteiger partial charge is 0.493 e. The lowest BCUT2D eigenvalue weighted by molar-refractivity contribution is 0.230. The van der Waals surface area contributed by atoms with Crippen LogP contribution in [0.3, 0.4) is 0 Å². The molecule has 0 aliphatic carbocycles. The fraction of sp³-hybridized carbons (Fsp3) is 0.333. The minimum Gasteiger partial charge on any atom is -0.493 e. The van der Waals surface area contributed by atoms with E-state index < -0.39 is 0 Å². The first kappa shape index (κ1) is 13.7. The zero-order chi connectivity index (χ0) is 13.7. The van der Waals surface area contributed by atoms with E-state index in [9.17, 15) is 0 Å². The van der Waals surface area contributed by atoms with Crippen LogP contribution in [0, 0.1) is 0 Å². The molecule has 102 valence electrons. The van der Waals surface area contributed by atoms with Gasteiger partial charge in [0, 0.05) is 17.6 Å². The molecular weight excluding hydrogens is 258 g/mol. The first-order chi connectivity index (χ1) is 9.19. The van der Waals surface area contributed by atoms with Gasteiger partial charge in [-0.25, -0.2) is 0 Å². The summed E-state index contributed by atoms with van der Waals surface area (Å²) in [7, 11) is 1.67. The highest BCUT2D eigenvalue weighted by molar-refractivity contribution is 7.08. The molecule has 2 rings (SSSR count). The Morgan fingerprint density at radius 3 is 2.68 bits per heavy atom. The molecule has 1 N–H and O–H groups in total. The van der Waals surface area contributed by atoms with Crippen molar-refractivity contribution in [1.82, 2.24) is 0 Å². The number of ether oxygens (including phenoxy) is 2. The molecule has 3 nitrogen and oxygen atoms in total. The summed E-state index contributed by atoms with van der Waals surface area (Å²) in [5, 5.41) is 7.52. The summed E-state index contributed by atoms with van der Waals surface area (Å²) in [5.74, 6) is 1.56. The predicted octanol–water partition coefficient (Wildman–Crippen LogP) is 4.16. The van der Waals surface area contributed by atoms with Crippen molar-refractivity contribution in [1.29, 1.82) is 0 Å². The van der Waals surface area contributed by atoms with Gasteiger partial charge in [0.1, 0.15) is 0 Å². The third kappa shape index (κ3) is 3.89. The number of hydrogen-bond acceptors (Lipinski definition) is 4. The molecule has 1 aromatic carbocycles. The Kier molecular flexibility index (Phi) is 4.68. The number of nitrogens with one attached hydrogen (secondary N) is 1. The molecule has 4 heteroatoms. The monoisotopic (exact) mass is 277 g/mol. The Morgan fingerprint density at radius 2 is 2.05 bits per heavy atom. The Labute approximate surface area is 118 Å². The summed E-state index contributed by atoms with van der Waals surface area (Å²) in [4.78, 5) is 0. The van der Waals surface area contributed by atoms with E-state index in [1.165, 1.54) is 5.56 Å². The van der Waals surface area contributed by atoms with Gasteiger partial charge in [0.25, 0.3) is 0 Å². The van der Waals surface area contributed by atoms with Crippen molar-refractivity contribution in [3.05, 3.63) is 40.6 Å². The second-order valence-corrected chi connectivity index (χ2v) is 5.30. The number of anilines is 1. The van der Waals surface area contributed by atoms with Crippen molar-refractivity contribution in [3.8, 4) is 11.5 Å². The summed E-state index contributed by atoms with van der Waals surface area (Å²) in [6.07, 6.45) is 0.142. The van der Waals surface area contributed by atoms with Crippen molar-refractivity contribution < 1.29 is 9.47 Å². The van der Waals surface area contributed by atoms with E-state index in [4.69, 9.17) is 9.47 Å². The highest BCUT2D eigenvalue weighted by Gasteiger charge is 2.07. The lowest BCUT2D eigenvalue weighted by Gasteiger charge is -2.14. The smallest absolute Gasteiger partial charge is 0.161 e. The van der Waals surface area contributed by atoms with Gasteiger partial charge < -0.3 is 14.8 Å². The zero-order valence-corrected chi connectivity index (χ0v) is 12.3. The lowest BCUT2D eigenvalue weighted by Crippen LogP contribution is -2.07. The van der Waals surface area contributed by atoms with Gasteiger partial charge >= 0.3 is 0 Å². The minimum absolute atomic E-state index is 0.142. The van der Waals surface area contributed by atoms with Gasteiger partial charge in [0.2, 0.25) is 0 Å². The number of methoxy groups -OCH3 is 1. The van der Waals surface area contributed by atoms with Gasteiger partial charge in [-0.05, 0) is 43.0 Å². The van der Waals surface area contributed by atoms with Crippen LogP contribution < -0.4 is 14.8 Å². The molecule has 0 fully saturated rings. The quantitative estimate of drug-likeness (QED) is 0.860. The fourth-order valence-corrected chi connectivity index (χ4v) is 2.35. The van der Waals surface area contributed by atoms with E-state index in [2.05, 4.69) is 28.2 Å². The van der Waals surface area contributed by atoms with Gasteiger partial charge in [-0.2, -0.15) is 11.3 Å². The van der Waals surface area contributed by atoms with Crippen LogP contribution in [0.1, 0.15) is 19.4 Å². The summed E-state index contributed by atoms with van der Waals surface area (Å²) in [6.45, 7) is 4.78. The number of hydrogen-bond donors (Lipinski definition) is 1. The Hall–Kier alpha value is -1.68. The van der Waals surface area contributed by atoms with Crippen LogP contribution in [0.15, 0.2) is 35.0 Å². The Balaban J connectivity index is 2.05. The predicted molar refractivity (Wildman–Crippen MR) is 80.4 cm³/mol. The van der Waals surface area contributed by atoms with Crippen LogP contribution in [-0.2, 0) is 6.54 Å². The van der Waals surface area contributed by atoms with Crippen LogP contribution >= 0.6 is 11.3 Å². The lowest BCUT2D eigenvalue weighted by atomic mass is 10.2. The molecule has 1 aromatic heterocycles. The molecule has 0 aliphatic rings. The molecule has 2 aromatic rings. The highest BCUT2D eigenvalue weighted by atomic mass is 32.1. The van der Waals surface area contributed by atoms with Crippen molar-refractivity contribution in [3.63, 3.8) is 0 Å². The average Bonchev–Trinajstić information content (AvgIpc) is 2.90. The van der Waals surface area contributed by atoms with Crippen LogP contribution in [-0.4, -0.2) is 13.2 Å². The van der Waals surface area contributed by atoms with Crippen LogP contribution in [0.2, 0.25) is 0 Å². The highest BCUT2D eigenvalue weighted by Crippen LogP contribution is 2.29. The summed E-state index contributed by atoms with van der Waals surface area (Å²) < 4.78 is 11.1. The van der Waals surface area contributed by atoms with Crippen molar-refractivity contribution in [2.24, 2.45) is 0 Å². The normalized spacial score (nSPS) is 10.5. The molecule has 0 aliphatic heterocycles. The topological polar surface area (TPSA) is 30.5 Å². The zero-order valence-electron chi connectivity index (χ0n) is 11.5. The Morgan fingerprint density at radius 1 is 1.21 bits per heavy atom. The second-order valence-electron chi connectivity index (χ2n) is 4.52. The van der Waals surface area contributed by atoms with E-state index in [0.29, 0.717) is 0 Å². The van der Waals surface area contributed by atoms with Gasteiger partial charge in [0.15, 0.2) is 11.5 Å². The molecule has 0 spiro atoms. The minimum atomic E-state index is 0.142. The Bertz CT molecular complexity index is 509. The third-order valence-corrected chi connectivity index (χ3v) is 3.29.